The minimum Gasteiger partial charge on any atom is -0.395 e. The first-order valence-electron chi connectivity index (χ1n) is 5.19. The number of aryl methyl sites for hydroxylation is 1. The highest BCUT2D eigenvalue weighted by Gasteiger charge is 2.23. The first-order chi connectivity index (χ1) is 7.33. The highest BCUT2D eigenvalue weighted by atomic mass is 16.5. The predicted molar refractivity (Wildman–Crippen MR) is 52.6 cm³/mol. The summed E-state index contributed by atoms with van der Waals surface area (Å²) in [5.74, 6) is 0.589. The summed E-state index contributed by atoms with van der Waals surface area (Å²) < 4.78 is 5.11. The third-order valence-corrected chi connectivity index (χ3v) is 2.56. The van der Waals surface area contributed by atoms with E-state index in [1.165, 1.54) is 0 Å². The molecular weight excluding hydrogens is 196 g/mol. The summed E-state index contributed by atoms with van der Waals surface area (Å²) in [5.41, 5.74) is 1.33. The maximum Gasteiger partial charge on any atom is 0.273 e. The fourth-order valence-corrected chi connectivity index (χ4v) is 1.82. The molecule has 1 aliphatic carbocycles. The number of hydrogen-bond donors (Lipinski definition) is 2. The number of nitrogens with zero attached hydrogens (tertiary/aromatic N) is 1. The molecule has 5 nitrogen and oxygen atoms in total. The topological polar surface area (TPSA) is 75.4 Å². The fourth-order valence-electron chi connectivity index (χ4n) is 1.82. The number of aromatic nitrogens is 1. The largest absolute Gasteiger partial charge is 0.395 e. The Morgan fingerprint density at radius 2 is 2.27 bits per heavy atom. The van der Waals surface area contributed by atoms with E-state index in [4.69, 9.17) is 9.63 Å². The maximum absolute atomic E-state index is 11.6. The first-order valence-corrected chi connectivity index (χ1v) is 5.19. The number of carbonyl (C=O) groups excluding carboxylic acids is 1. The van der Waals surface area contributed by atoms with Crippen molar-refractivity contribution in [2.45, 2.75) is 25.7 Å². The average molecular weight is 210 g/mol. The summed E-state index contributed by atoms with van der Waals surface area (Å²) in [4.78, 5) is 11.6. The molecule has 15 heavy (non-hydrogen) atoms. The van der Waals surface area contributed by atoms with Crippen LogP contribution in [0.5, 0.6) is 0 Å². The van der Waals surface area contributed by atoms with Crippen LogP contribution in [0.15, 0.2) is 4.52 Å². The molecule has 5 heteroatoms. The molecule has 0 unspecified atom stereocenters. The van der Waals surface area contributed by atoms with Crippen molar-refractivity contribution in [2.75, 3.05) is 13.2 Å². The molecule has 0 aliphatic heterocycles. The van der Waals surface area contributed by atoms with Gasteiger partial charge in [0.2, 0.25) is 0 Å². The van der Waals surface area contributed by atoms with Crippen LogP contribution in [0.25, 0.3) is 0 Å². The van der Waals surface area contributed by atoms with Gasteiger partial charge in [-0.3, -0.25) is 4.79 Å². The molecule has 2 N–H and O–H groups in total. The summed E-state index contributed by atoms with van der Waals surface area (Å²) in [5, 5.41) is 14.9. The lowest BCUT2D eigenvalue weighted by Gasteiger charge is -2.08. The van der Waals surface area contributed by atoms with E-state index in [0.717, 1.165) is 37.0 Å². The fraction of sp³-hybridized carbons (Fsp3) is 0.600. The van der Waals surface area contributed by atoms with E-state index < -0.39 is 0 Å². The molecule has 1 aromatic heterocycles. The molecule has 0 atom stereocenters. The van der Waals surface area contributed by atoms with Crippen LogP contribution in [-0.4, -0.2) is 29.3 Å². The molecule has 1 amide bonds. The van der Waals surface area contributed by atoms with Crippen LogP contribution < -0.4 is 5.32 Å². The number of rotatable bonds is 3. The summed E-state index contributed by atoms with van der Waals surface area (Å²) in [6.45, 7) is 0.187. The quantitative estimate of drug-likeness (QED) is 0.751. The van der Waals surface area contributed by atoms with Gasteiger partial charge in [-0.05, 0) is 19.3 Å². The SMILES string of the molecule is O=C(NCCO)c1noc2c1CCCC2. The highest BCUT2D eigenvalue weighted by molar-refractivity contribution is 5.93. The van der Waals surface area contributed by atoms with Gasteiger partial charge in [-0.15, -0.1) is 0 Å². The monoisotopic (exact) mass is 210 g/mol. The van der Waals surface area contributed by atoms with Crippen LogP contribution in [0.2, 0.25) is 0 Å². The average Bonchev–Trinajstić information content (AvgIpc) is 2.69. The zero-order chi connectivity index (χ0) is 10.7. The third-order valence-electron chi connectivity index (χ3n) is 2.56. The van der Waals surface area contributed by atoms with E-state index in [-0.39, 0.29) is 19.1 Å². The Kier molecular flexibility index (Phi) is 3.01. The van der Waals surface area contributed by atoms with Gasteiger partial charge >= 0.3 is 0 Å². The lowest BCUT2D eigenvalue weighted by atomic mass is 9.96. The van der Waals surface area contributed by atoms with Gasteiger partial charge in [-0.1, -0.05) is 5.16 Å². The van der Waals surface area contributed by atoms with Crippen molar-refractivity contribution in [3.8, 4) is 0 Å². The number of amides is 1. The molecule has 0 aromatic carbocycles. The van der Waals surface area contributed by atoms with E-state index in [2.05, 4.69) is 10.5 Å². The second-order valence-electron chi connectivity index (χ2n) is 3.62. The van der Waals surface area contributed by atoms with Crippen molar-refractivity contribution in [3.05, 3.63) is 17.0 Å². The lowest BCUT2D eigenvalue weighted by Crippen LogP contribution is -2.27. The van der Waals surface area contributed by atoms with Crippen molar-refractivity contribution in [1.82, 2.24) is 10.5 Å². The maximum atomic E-state index is 11.6. The highest BCUT2D eigenvalue weighted by Crippen LogP contribution is 2.23. The number of fused-ring (bicyclic) bond motifs is 1. The van der Waals surface area contributed by atoms with Crippen molar-refractivity contribution in [3.63, 3.8) is 0 Å². The molecule has 0 radical (unpaired) electrons. The number of aliphatic hydroxyl groups excluding tert-OH is 1. The molecule has 1 aromatic rings. The lowest BCUT2D eigenvalue weighted by molar-refractivity contribution is 0.0935. The van der Waals surface area contributed by atoms with E-state index in [1.807, 2.05) is 0 Å². The van der Waals surface area contributed by atoms with Crippen LogP contribution in [0.4, 0.5) is 0 Å². The second-order valence-corrected chi connectivity index (χ2v) is 3.62. The van der Waals surface area contributed by atoms with E-state index >= 15 is 0 Å². The normalized spacial score (nSPS) is 14.7. The molecule has 0 spiro atoms. The van der Waals surface area contributed by atoms with Crippen molar-refractivity contribution >= 4 is 5.91 Å². The Labute approximate surface area is 87.5 Å². The minimum atomic E-state index is -0.254. The molecule has 82 valence electrons. The molecule has 0 saturated carbocycles. The number of aliphatic hydroxyl groups is 1. The van der Waals surface area contributed by atoms with Crippen LogP contribution in [0.3, 0.4) is 0 Å². The van der Waals surface area contributed by atoms with Crippen LogP contribution >= 0.6 is 0 Å². The van der Waals surface area contributed by atoms with E-state index in [9.17, 15) is 4.79 Å². The zero-order valence-corrected chi connectivity index (χ0v) is 8.45. The zero-order valence-electron chi connectivity index (χ0n) is 8.45. The van der Waals surface area contributed by atoms with Gasteiger partial charge in [0.1, 0.15) is 5.76 Å². The molecular formula is C10H14N2O3. The summed E-state index contributed by atoms with van der Waals surface area (Å²) >= 11 is 0. The number of nitrogens with one attached hydrogen (secondary N) is 1. The van der Waals surface area contributed by atoms with Crippen molar-refractivity contribution in [1.29, 1.82) is 0 Å². The van der Waals surface area contributed by atoms with Gasteiger partial charge in [-0.25, -0.2) is 0 Å². The smallest absolute Gasteiger partial charge is 0.273 e. The molecule has 2 rings (SSSR count). The van der Waals surface area contributed by atoms with E-state index in [1.54, 1.807) is 0 Å². The van der Waals surface area contributed by atoms with Gasteiger partial charge in [-0.2, -0.15) is 0 Å². The molecule has 0 saturated heterocycles. The molecule has 0 fully saturated rings. The van der Waals surface area contributed by atoms with E-state index in [0.29, 0.717) is 5.69 Å². The molecule has 1 heterocycles. The Morgan fingerprint density at radius 3 is 3.07 bits per heavy atom. The summed E-state index contributed by atoms with van der Waals surface area (Å²) in [7, 11) is 0. The summed E-state index contributed by atoms with van der Waals surface area (Å²) in [6.07, 6.45) is 3.91. The Balaban J connectivity index is 2.14. The Bertz CT molecular complexity index is 360. The summed E-state index contributed by atoms with van der Waals surface area (Å²) in [6, 6.07) is 0. The number of hydrogen-bond acceptors (Lipinski definition) is 4. The molecule has 0 bridgehead atoms. The van der Waals surface area contributed by atoms with Crippen LogP contribution in [-0.2, 0) is 12.8 Å². The third kappa shape index (κ3) is 2.02. The van der Waals surface area contributed by atoms with Gasteiger partial charge in [0.15, 0.2) is 5.69 Å². The van der Waals surface area contributed by atoms with Gasteiger partial charge in [0.25, 0.3) is 5.91 Å². The first kappa shape index (κ1) is 10.2. The Morgan fingerprint density at radius 1 is 1.47 bits per heavy atom. The van der Waals surface area contributed by atoms with Crippen molar-refractivity contribution in [2.24, 2.45) is 0 Å². The molecule has 1 aliphatic rings. The van der Waals surface area contributed by atoms with Crippen molar-refractivity contribution < 1.29 is 14.4 Å². The van der Waals surface area contributed by atoms with Gasteiger partial charge in [0.05, 0.1) is 6.61 Å². The standard InChI is InChI=1S/C10H14N2O3/c13-6-5-11-10(14)9-7-3-1-2-4-8(7)15-12-9/h13H,1-6H2,(H,11,14). The minimum absolute atomic E-state index is 0.0637. The van der Waals surface area contributed by atoms with Crippen LogP contribution in [0, 0.1) is 0 Å². The Hall–Kier alpha value is -1.36. The number of carbonyl (C=O) groups is 1. The second kappa shape index (κ2) is 4.44. The van der Waals surface area contributed by atoms with Crippen LogP contribution in [0.1, 0.15) is 34.7 Å². The predicted octanol–water partition coefficient (Wildman–Crippen LogP) is 0.275. The van der Waals surface area contributed by atoms with Gasteiger partial charge in [0, 0.05) is 18.5 Å². The van der Waals surface area contributed by atoms with Gasteiger partial charge < -0.3 is 14.9 Å².